The summed E-state index contributed by atoms with van der Waals surface area (Å²) in [4.78, 5) is 13.1. The van der Waals surface area contributed by atoms with Crippen LogP contribution in [0, 0.1) is 11.8 Å². The highest BCUT2D eigenvalue weighted by Crippen LogP contribution is 2.08. The van der Waals surface area contributed by atoms with Gasteiger partial charge in [0.25, 0.3) is 0 Å². The van der Waals surface area contributed by atoms with Crippen molar-refractivity contribution < 1.29 is 0 Å². The summed E-state index contributed by atoms with van der Waals surface area (Å²) in [7, 11) is 0. The second-order valence-corrected chi connectivity index (χ2v) is 5.30. The zero-order chi connectivity index (χ0) is 13.5. The Bertz CT molecular complexity index is 332. The molecule has 2 N–H and O–H groups in total. The maximum absolute atomic E-state index is 4.38. The largest absolute Gasteiger partial charge is 0.354 e. The topological polar surface area (TPSA) is 62.7 Å². The van der Waals surface area contributed by atoms with Gasteiger partial charge in [0.2, 0.25) is 11.9 Å². The van der Waals surface area contributed by atoms with Gasteiger partial charge in [-0.15, -0.1) is 0 Å². The third-order valence-electron chi connectivity index (χ3n) is 2.33. The standard InChI is InChI=1S/C13H25N5/c1-6-11-16-12(14-7-9(2)3)18-13(17-11)15-8-10(4)5/h9-10H,6-8H2,1-5H3,(H2,14,15,16,17,18). The van der Waals surface area contributed by atoms with E-state index in [2.05, 4.69) is 53.3 Å². The highest BCUT2D eigenvalue weighted by atomic mass is 15.2. The minimum atomic E-state index is 0.568. The molecule has 0 spiro atoms. The van der Waals surface area contributed by atoms with E-state index in [0.29, 0.717) is 23.7 Å². The molecule has 0 amide bonds. The van der Waals surface area contributed by atoms with Crippen LogP contribution in [-0.4, -0.2) is 28.0 Å². The number of hydrogen-bond donors (Lipinski definition) is 2. The zero-order valence-electron chi connectivity index (χ0n) is 12.1. The molecule has 0 saturated heterocycles. The molecular weight excluding hydrogens is 226 g/mol. The molecule has 0 fully saturated rings. The maximum Gasteiger partial charge on any atom is 0.227 e. The monoisotopic (exact) mass is 251 g/mol. The van der Waals surface area contributed by atoms with E-state index >= 15 is 0 Å². The number of anilines is 2. The molecule has 5 heteroatoms. The predicted octanol–water partition coefficient (Wildman–Crippen LogP) is 2.57. The smallest absolute Gasteiger partial charge is 0.227 e. The molecule has 0 bridgehead atoms. The highest BCUT2D eigenvalue weighted by molar-refractivity contribution is 5.34. The molecule has 0 aromatic carbocycles. The van der Waals surface area contributed by atoms with Crippen molar-refractivity contribution >= 4 is 11.9 Å². The SMILES string of the molecule is CCc1nc(NCC(C)C)nc(NCC(C)C)n1. The summed E-state index contributed by atoms with van der Waals surface area (Å²) in [6.07, 6.45) is 0.815. The summed E-state index contributed by atoms with van der Waals surface area (Å²) >= 11 is 0. The predicted molar refractivity (Wildman–Crippen MR) is 75.9 cm³/mol. The van der Waals surface area contributed by atoms with Gasteiger partial charge in [-0.3, -0.25) is 0 Å². The highest BCUT2D eigenvalue weighted by Gasteiger charge is 2.06. The average Bonchev–Trinajstić information content (AvgIpc) is 2.33. The van der Waals surface area contributed by atoms with Crippen molar-refractivity contribution in [3.05, 3.63) is 5.82 Å². The summed E-state index contributed by atoms with van der Waals surface area (Å²) < 4.78 is 0. The molecule has 1 aromatic heterocycles. The van der Waals surface area contributed by atoms with E-state index in [9.17, 15) is 0 Å². The van der Waals surface area contributed by atoms with Crippen LogP contribution in [0.25, 0.3) is 0 Å². The lowest BCUT2D eigenvalue weighted by Gasteiger charge is -2.11. The van der Waals surface area contributed by atoms with E-state index in [1.165, 1.54) is 0 Å². The molecule has 0 aliphatic rings. The molecule has 5 nitrogen and oxygen atoms in total. The third kappa shape index (κ3) is 5.29. The van der Waals surface area contributed by atoms with Crippen molar-refractivity contribution in [2.75, 3.05) is 23.7 Å². The summed E-state index contributed by atoms with van der Waals surface area (Å²) in [6.45, 7) is 12.4. The van der Waals surface area contributed by atoms with Crippen LogP contribution in [0.1, 0.15) is 40.4 Å². The van der Waals surface area contributed by atoms with Crippen molar-refractivity contribution in [2.24, 2.45) is 11.8 Å². The van der Waals surface area contributed by atoms with E-state index in [1.54, 1.807) is 0 Å². The fraction of sp³-hybridized carbons (Fsp3) is 0.769. The van der Waals surface area contributed by atoms with Crippen LogP contribution in [0.5, 0.6) is 0 Å². The van der Waals surface area contributed by atoms with Crippen LogP contribution in [0.4, 0.5) is 11.9 Å². The van der Waals surface area contributed by atoms with Crippen molar-refractivity contribution in [1.29, 1.82) is 0 Å². The molecule has 1 aromatic rings. The first-order valence-electron chi connectivity index (χ1n) is 6.74. The molecule has 0 aliphatic heterocycles. The number of rotatable bonds is 7. The Hall–Kier alpha value is -1.39. The van der Waals surface area contributed by atoms with Crippen molar-refractivity contribution in [3.63, 3.8) is 0 Å². The minimum absolute atomic E-state index is 0.568. The van der Waals surface area contributed by atoms with Gasteiger partial charge >= 0.3 is 0 Å². The van der Waals surface area contributed by atoms with Crippen molar-refractivity contribution in [1.82, 2.24) is 15.0 Å². The molecule has 1 rings (SSSR count). The first-order chi connectivity index (χ1) is 8.51. The first kappa shape index (κ1) is 14.7. The lowest BCUT2D eigenvalue weighted by Crippen LogP contribution is -2.16. The second-order valence-electron chi connectivity index (χ2n) is 5.30. The second kappa shape index (κ2) is 7.13. The molecule has 18 heavy (non-hydrogen) atoms. The molecule has 0 unspecified atom stereocenters. The Morgan fingerprint density at radius 1 is 0.833 bits per heavy atom. The van der Waals surface area contributed by atoms with Gasteiger partial charge in [0.15, 0.2) is 0 Å². The van der Waals surface area contributed by atoms with Gasteiger partial charge < -0.3 is 10.6 Å². The molecule has 0 saturated carbocycles. The minimum Gasteiger partial charge on any atom is -0.354 e. The van der Waals surface area contributed by atoms with E-state index in [-0.39, 0.29) is 0 Å². The Morgan fingerprint density at radius 2 is 1.28 bits per heavy atom. The summed E-state index contributed by atoms with van der Waals surface area (Å²) in [5, 5.41) is 6.49. The van der Waals surface area contributed by atoms with Crippen LogP contribution in [0.15, 0.2) is 0 Å². The Balaban J connectivity index is 2.74. The lowest BCUT2D eigenvalue weighted by atomic mass is 10.2. The summed E-state index contributed by atoms with van der Waals surface area (Å²) in [6, 6.07) is 0. The molecule has 0 atom stereocenters. The summed E-state index contributed by atoms with van der Waals surface area (Å²) in [5.41, 5.74) is 0. The van der Waals surface area contributed by atoms with Gasteiger partial charge in [0.1, 0.15) is 5.82 Å². The molecule has 0 radical (unpaired) electrons. The summed E-state index contributed by atoms with van der Waals surface area (Å²) in [5.74, 6) is 3.30. The quantitative estimate of drug-likeness (QED) is 0.780. The Kier molecular flexibility index (Phi) is 5.82. The fourth-order valence-corrected chi connectivity index (χ4v) is 1.33. The number of nitrogens with zero attached hydrogens (tertiary/aromatic N) is 3. The number of aromatic nitrogens is 3. The number of hydrogen-bond acceptors (Lipinski definition) is 5. The Morgan fingerprint density at radius 3 is 1.61 bits per heavy atom. The van der Waals surface area contributed by atoms with E-state index in [4.69, 9.17) is 0 Å². The van der Waals surface area contributed by atoms with Crippen LogP contribution in [0.2, 0.25) is 0 Å². The zero-order valence-corrected chi connectivity index (χ0v) is 12.1. The van der Waals surface area contributed by atoms with E-state index < -0.39 is 0 Å². The first-order valence-corrected chi connectivity index (χ1v) is 6.74. The van der Waals surface area contributed by atoms with Gasteiger partial charge in [-0.2, -0.15) is 15.0 Å². The van der Waals surface area contributed by atoms with E-state index in [0.717, 1.165) is 25.3 Å². The molecule has 102 valence electrons. The average molecular weight is 251 g/mol. The van der Waals surface area contributed by atoms with Crippen LogP contribution in [-0.2, 0) is 6.42 Å². The third-order valence-corrected chi connectivity index (χ3v) is 2.33. The fourth-order valence-electron chi connectivity index (χ4n) is 1.33. The number of nitrogens with one attached hydrogen (secondary N) is 2. The van der Waals surface area contributed by atoms with Gasteiger partial charge in [0.05, 0.1) is 0 Å². The van der Waals surface area contributed by atoms with E-state index in [1.807, 2.05) is 6.92 Å². The van der Waals surface area contributed by atoms with Crippen molar-refractivity contribution in [2.45, 2.75) is 41.0 Å². The van der Waals surface area contributed by atoms with Gasteiger partial charge in [-0.1, -0.05) is 34.6 Å². The van der Waals surface area contributed by atoms with Gasteiger partial charge in [-0.25, -0.2) is 0 Å². The normalized spacial score (nSPS) is 11.1. The van der Waals surface area contributed by atoms with Crippen LogP contribution in [0.3, 0.4) is 0 Å². The maximum atomic E-state index is 4.38. The number of aryl methyl sites for hydroxylation is 1. The van der Waals surface area contributed by atoms with Crippen LogP contribution >= 0.6 is 0 Å². The van der Waals surface area contributed by atoms with Gasteiger partial charge in [-0.05, 0) is 11.8 Å². The Labute approximate surface area is 110 Å². The van der Waals surface area contributed by atoms with Crippen LogP contribution < -0.4 is 10.6 Å². The lowest BCUT2D eigenvalue weighted by molar-refractivity contribution is 0.676. The molecule has 1 heterocycles. The molecular formula is C13H25N5. The molecule has 0 aliphatic carbocycles. The van der Waals surface area contributed by atoms with Crippen molar-refractivity contribution in [3.8, 4) is 0 Å². The van der Waals surface area contributed by atoms with Gasteiger partial charge in [0, 0.05) is 19.5 Å².